The van der Waals surface area contributed by atoms with E-state index in [1.807, 2.05) is 24.1 Å². The molecule has 0 saturated carbocycles. The minimum atomic E-state index is -0.480. The average Bonchev–Trinajstić information content (AvgIpc) is 3.31. The number of aliphatic hydroxyl groups is 1. The molecule has 5 aromatic rings. The van der Waals surface area contributed by atoms with Crippen LogP contribution in [0.25, 0.3) is 27.8 Å². The van der Waals surface area contributed by atoms with E-state index < -0.39 is 12.4 Å². The van der Waals surface area contributed by atoms with E-state index in [-0.39, 0.29) is 11.0 Å². The van der Waals surface area contributed by atoms with Crippen LogP contribution in [0.4, 0.5) is 15.9 Å². The Labute approximate surface area is 197 Å². The van der Waals surface area contributed by atoms with Crippen molar-refractivity contribution in [3.63, 3.8) is 0 Å². The summed E-state index contributed by atoms with van der Waals surface area (Å²) in [5.41, 5.74) is 5.37. The van der Waals surface area contributed by atoms with Crippen molar-refractivity contribution in [2.24, 2.45) is 0 Å². The van der Waals surface area contributed by atoms with Crippen LogP contribution in [0.2, 0.25) is 0 Å². The molecule has 0 unspecified atom stereocenters. The number of rotatable bonds is 4. The highest BCUT2D eigenvalue weighted by Crippen LogP contribution is 2.34. The van der Waals surface area contributed by atoms with Gasteiger partial charge in [-0.3, -0.25) is 4.40 Å². The number of hydrogen-bond acceptors (Lipinski definition) is 5. The zero-order valence-electron chi connectivity index (χ0n) is 19.6. The monoisotopic (exact) mass is 455 g/mol. The van der Waals surface area contributed by atoms with Gasteiger partial charge in [-0.15, -0.1) is 10.2 Å². The van der Waals surface area contributed by atoms with Crippen LogP contribution in [0, 0.1) is 5.82 Å². The molecule has 0 radical (unpaired) electrons. The van der Waals surface area contributed by atoms with Crippen molar-refractivity contribution in [3.05, 3.63) is 83.9 Å². The maximum atomic E-state index is 14.6. The molecule has 2 heterocycles. The Morgan fingerprint density at radius 1 is 1.00 bits per heavy atom. The summed E-state index contributed by atoms with van der Waals surface area (Å²) in [6, 6.07) is 19.8. The first kappa shape index (κ1) is 22.0. The quantitative estimate of drug-likeness (QED) is 0.380. The van der Waals surface area contributed by atoms with E-state index >= 15 is 0 Å². The van der Waals surface area contributed by atoms with Crippen LogP contribution in [-0.4, -0.2) is 31.7 Å². The zero-order chi connectivity index (χ0) is 24.0. The first-order valence-corrected chi connectivity index (χ1v) is 11.1. The van der Waals surface area contributed by atoms with E-state index in [4.69, 9.17) is 0 Å². The van der Waals surface area contributed by atoms with Crippen molar-refractivity contribution in [2.45, 2.75) is 32.8 Å². The Hall–Kier alpha value is -3.84. The molecule has 2 aromatic heterocycles. The second-order valence-electron chi connectivity index (χ2n) is 9.49. The highest BCUT2D eigenvalue weighted by atomic mass is 19.1. The molecule has 0 aliphatic rings. The molecule has 34 heavy (non-hydrogen) atoms. The largest absolute Gasteiger partial charge is 0.392 e. The first-order valence-electron chi connectivity index (χ1n) is 11.1. The Morgan fingerprint density at radius 3 is 2.47 bits per heavy atom. The molecule has 0 spiro atoms. The lowest BCUT2D eigenvalue weighted by Crippen LogP contribution is -2.13. The van der Waals surface area contributed by atoms with Crippen molar-refractivity contribution in [2.75, 3.05) is 11.9 Å². The lowest BCUT2D eigenvalue weighted by atomic mass is 9.86. The van der Waals surface area contributed by atoms with Crippen molar-refractivity contribution in [1.82, 2.24) is 19.6 Å². The Balaban J connectivity index is 1.60. The molecule has 0 amide bonds. The summed E-state index contributed by atoms with van der Waals surface area (Å²) in [4.78, 5) is 6.58. The Bertz CT molecular complexity index is 1500. The van der Waals surface area contributed by atoms with Crippen LogP contribution in [0.5, 0.6) is 0 Å². The average molecular weight is 456 g/mol. The van der Waals surface area contributed by atoms with Gasteiger partial charge in [-0.05, 0) is 46.4 Å². The SMILES string of the molecule is CN(c1cccc(-c2ccc(C(C)(C)C)cc2)c1)c1nc2nncn2c2cc(CO)c(F)cc12. The normalized spacial score (nSPS) is 11.9. The van der Waals surface area contributed by atoms with Crippen LogP contribution >= 0.6 is 0 Å². The lowest BCUT2D eigenvalue weighted by molar-refractivity contribution is 0.276. The van der Waals surface area contributed by atoms with Gasteiger partial charge in [-0.1, -0.05) is 57.2 Å². The number of aromatic nitrogens is 4. The van der Waals surface area contributed by atoms with Crippen molar-refractivity contribution >= 4 is 28.2 Å². The van der Waals surface area contributed by atoms with Crippen molar-refractivity contribution in [3.8, 4) is 11.1 Å². The van der Waals surface area contributed by atoms with E-state index in [2.05, 4.69) is 72.4 Å². The van der Waals surface area contributed by atoms with Gasteiger partial charge in [0.1, 0.15) is 18.0 Å². The first-order chi connectivity index (χ1) is 16.3. The number of aliphatic hydroxyl groups excluding tert-OH is 1. The smallest absolute Gasteiger partial charge is 0.257 e. The molecule has 5 rings (SSSR count). The van der Waals surface area contributed by atoms with E-state index in [9.17, 15) is 9.50 Å². The Kier molecular flexibility index (Phi) is 5.29. The van der Waals surface area contributed by atoms with Crippen LogP contribution in [-0.2, 0) is 12.0 Å². The number of fused-ring (bicyclic) bond motifs is 3. The van der Waals surface area contributed by atoms with Gasteiger partial charge in [0.2, 0.25) is 0 Å². The van der Waals surface area contributed by atoms with Gasteiger partial charge in [0, 0.05) is 23.7 Å². The summed E-state index contributed by atoms with van der Waals surface area (Å²) < 4.78 is 16.3. The molecule has 0 saturated heterocycles. The van der Waals surface area contributed by atoms with Crippen LogP contribution in [0.15, 0.2) is 67.0 Å². The van der Waals surface area contributed by atoms with E-state index in [1.54, 1.807) is 10.5 Å². The maximum absolute atomic E-state index is 14.6. The molecule has 0 aliphatic heterocycles. The molecule has 6 nitrogen and oxygen atoms in total. The maximum Gasteiger partial charge on any atom is 0.257 e. The minimum absolute atomic E-state index is 0.0961. The van der Waals surface area contributed by atoms with E-state index in [0.717, 1.165) is 16.8 Å². The summed E-state index contributed by atoms with van der Waals surface area (Å²) in [5, 5.41) is 18.2. The Morgan fingerprint density at radius 2 is 1.76 bits per heavy atom. The molecule has 0 atom stereocenters. The van der Waals surface area contributed by atoms with Gasteiger partial charge in [-0.2, -0.15) is 4.98 Å². The molecule has 172 valence electrons. The summed E-state index contributed by atoms with van der Waals surface area (Å²) >= 11 is 0. The van der Waals surface area contributed by atoms with Gasteiger partial charge in [-0.25, -0.2) is 4.39 Å². The van der Waals surface area contributed by atoms with E-state index in [1.165, 1.54) is 18.0 Å². The summed E-state index contributed by atoms with van der Waals surface area (Å²) in [6.45, 7) is 6.21. The van der Waals surface area contributed by atoms with Gasteiger partial charge < -0.3 is 10.0 Å². The second-order valence-corrected chi connectivity index (χ2v) is 9.49. The van der Waals surface area contributed by atoms with Gasteiger partial charge >= 0.3 is 0 Å². The van der Waals surface area contributed by atoms with Crippen molar-refractivity contribution in [1.29, 1.82) is 0 Å². The fourth-order valence-corrected chi connectivity index (χ4v) is 4.17. The molecular formula is C27H26FN5O. The fourth-order valence-electron chi connectivity index (χ4n) is 4.17. The highest BCUT2D eigenvalue weighted by molar-refractivity contribution is 5.94. The summed E-state index contributed by atoms with van der Waals surface area (Å²) in [6.07, 6.45) is 1.54. The lowest BCUT2D eigenvalue weighted by Gasteiger charge is -2.22. The molecular weight excluding hydrogens is 429 g/mol. The molecule has 0 bridgehead atoms. The molecule has 0 fully saturated rings. The van der Waals surface area contributed by atoms with Gasteiger partial charge in [0.15, 0.2) is 0 Å². The summed E-state index contributed by atoms with van der Waals surface area (Å²) in [7, 11) is 1.90. The molecule has 7 heteroatoms. The molecule has 0 aliphatic carbocycles. The highest BCUT2D eigenvalue weighted by Gasteiger charge is 2.18. The van der Waals surface area contributed by atoms with Crippen LogP contribution in [0.1, 0.15) is 31.9 Å². The van der Waals surface area contributed by atoms with E-state index in [0.29, 0.717) is 22.5 Å². The van der Waals surface area contributed by atoms with Gasteiger partial charge in [0.25, 0.3) is 5.78 Å². The number of halogens is 1. The number of hydrogen-bond donors (Lipinski definition) is 1. The third-order valence-electron chi connectivity index (χ3n) is 6.21. The predicted molar refractivity (Wildman–Crippen MR) is 133 cm³/mol. The van der Waals surface area contributed by atoms with Crippen LogP contribution < -0.4 is 4.90 Å². The van der Waals surface area contributed by atoms with Crippen LogP contribution in [0.3, 0.4) is 0 Å². The topological polar surface area (TPSA) is 66.6 Å². The molecule has 1 N–H and O–H groups in total. The minimum Gasteiger partial charge on any atom is -0.392 e. The fraction of sp³-hybridized carbons (Fsp3) is 0.222. The number of benzene rings is 3. The number of anilines is 2. The third kappa shape index (κ3) is 3.78. The van der Waals surface area contributed by atoms with Gasteiger partial charge in [0.05, 0.1) is 12.1 Å². The predicted octanol–water partition coefficient (Wildman–Crippen LogP) is 5.64. The molecule has 3 aromatic carbocycles. The zero-order valence-corrected chi connectivity index (χ0v) is 19.6. The number of nitrogens with zero attached hydrogens (tertiary/aromatic N) is 5. The standard InChI is InChI=1S/C27H26FN5O/c1-27(2,3)20-10-8-17(9-11-20)18-6-5-7-21(12-18)32(4)25-22-14-23(28)19(15-34)13-24(22)33-16-29-31-26(33)30-25/h5-14,16,34H,15H2,1-4H3. The summed E-state index contributed by atoms with van der Waals surface area (Å²) in [5.74, 6) is 0.476. The van der Waals surface area contributed by atoms with Crippen molar-refractivity contribution < 1.29 is 9.50 Å². The third-order valence-corrected chi connectivity index (χ3v) is 6.21. The second kappa shape index (κ2) is 8.18.